The molecule has 0 saturated carbocycles. The summed E-state index contributed by atoms with van der Waals surface area (Å²) in [5.41, 5.74) is 1.68. The van der Waals surface area contributed by atoms with E-state index in [2.05, 4.69) is 5.32 Å². The van der Waals surface area contributed by atoms with Crippen molar-refractivity contribution in [2.45, 2.75) is 38.9 Å². The molecule has 0 aliphatic heterocycles. The summed E-state index contributed by atoms with van der Waals surface area (Å²) in [6, 6.07) is 19.6. The molecule has 0 unspecified atom stereocenters. The van der Waals surface area contributed by atoms with Gasteiger partial charge in [-0.2, -0.15) is 0 Å². The molecule has 3 aromatic rings. The highest BCUT2D eigenvalue weighted by molar-refractivity contribution is 7.92. The second-order valence-electron chi connectivity index (χ2n) is 9.60. The molecule has 214 valence electrons. The largest absolute Gasteiger partial charge is 0.495 e. The lowest BCUT2D eigenvalue weighted by molar-refractivity contribution is -0.140. The molecule has 2 amide bonds. The first-order chi connectivity index (χ1) is 18.9. The molecule has 1 N–H and O–H groups in total. The highest BCUT2D eigenvalue weighted by Crippen LogP contribution is 2.33. The lowest BCUT2D eigenvalue weighted by atomic mass is 10.0. The Morgan fingerprint density at radius 3 is 2.12 bits per heavy atom. The van der Waals surface area contributed by atoms with Crippen LogP contribution in [-0.4, -0.2) is 57.1 Å². The zero-order valence-corrected chi connectivity index (χ0v) is 25.1. The van der Waals surface area contributed by atoms with Gasteiger partial charge in [0.1, 0.15) is 18.3 Å². The normalized spacial score (nSPS) is 12.1. The van der Waals surface area contributed by atoms with E-state index in [1.807, 2.05) is 44.2 Å². The number of hydrogen-bond donors (Lipinski definition) is 1. The SMILES string of the molecule is COc1ccc(Cl)cc1N(CC(=O)N(Cc1ccc(Cl)cc1)[C@H](Cc1ccccc1)C(=O)NC(C)C)S(C)(=O)=O. The van der Waals surface area contributed by atoms with Crippen LogP contribution in [0.2, 0.25) is 10.0 Å². The molecule has 0 aromatic heterocycles. The van der Waals surface area contributed by atoms with E-state index in [0.717, 1.165) is 21.7 Å². The Hall–Kier alpha value is -3.27. The highest BCUT2D eigenvalue weighted by Gasteiger charge is 2.34. The third kappa shape index (κ3) is 8.61. The molecule has 8 nitrogen and oxygen atoms in total. The van der Waals surface area contributed by atoms with Crippen LogP contribution >= 0.6 is 23.2 Å². The van der Waals surface area contributed by atoms with Gasteiger partial charge in [-0.05, 0) is 55.3 Å². The van der Waals surface area contributed by atoms with Gasteiger partial charge in [0.25, 0.3) is 0 Å². The van der Waals surface area contributed by atoms with Crippen molar-refractivity contribution in [1.29, 1.82) is 0 Å². The number of amides is 2. The number of nitrogens with zero attached hydrogens (tertiary/aromatic N) is 2. The average molecular weight is 607 g/mol. The van der Waals surface area contributed by atoms with Gasteiger partial charge in [-0.15, -0.1) is 0 Å². The molecule has 0 fully saturated rings. The van der Waals surface area contributed by atoms with E-state index in [-0.39, 0.29) is 41.4 Å². The summed E-state index contributed by atoms with van der Waals surface area (Å²) < 4.78 is 32.2. The summed E-state index contributed by atoms with van der Waals surface area (Å²) in [7, 11) is -2.57. The Balaban J connectivity index is 2.09. The van der Waals surface area contributed by atoms with Gasteiger partial charge < -0.3 is 15.0 Å². The molecule has 3 aromatic carbocycles. The third-order valence-corrected chi connectivity index (χ3v) is 7.67. The van der Waals surface area contributed by atoms with Crippen LogP contribution < -0.4 is 14.4 Å². The maximum atomic E-state index is 14.1. The minimum Gasteiger partial charge on any atom is -0.495 e. The van der Waals surface area contributed by atoms with Gasteiger partial charge in [-0.25, -0.2) is 8.42 Å². The molecule has 3 rings (SSSR count). The number of hydrogen-bond acceptors (Lipinski definition) is 5. The molecular weight excluding hydrogens is 573 g/mol. The molecule has 0 bridgehead atoms. The van der Waals surface area contributed by atoms with Crippen LogP contribution in [0.4, 0.5) is 5.69 Å². The monoisotopic (exact) mass is 605 g/mol. The zero-order valence-electron chi connectivity index (χ0n) is 22.8. The van der Waals surface area contributed by atoms with Gasteiger partial charge in [0.2, 0.25) is 21.8 Å². The number of benzene rings is 3. The number of carbonyl (C=O) groups is 2. The van der Waals surface area contributed by atoms with E-state index in [4.69, 9.17) is 27.9 Å². The van der Waals surface area contributed by atoms with Crippen molar-refractivity contribution in [3.63, 3.8) is 0 Å². The Morgan fingerprint density at radius 2 is 1.55 bits per heavy atom. The molecule has 0 radical (unpaired) electrons. The molecule has 0 heterocycles. The van der Waals surface area contributed by atoms with Gasteiger partial charge in [-0.3, -0.25) is 13.9 Å². The number of anilines is 1. The van der Waals surface area contributed by atoms with Crippen LogP contribution in [-0.2, 0) is 32.6 Å². The van der Waals surface area contributed by atoms with Crippen LogP contribution in [0.25, 0.3) is 0 Å². The summed E-state index contributed by atoms with van der Waals surface area (Å²) in [5, 5.41) is 3.71. The minimum atomic E-state index is -3.97. The second kappa shape index (κ2) is 13.9. The minimum absolute atomic E-state index is 0.0449. The lowest BCUT2D eigenvalue weighted by Crippen LogP contribution is -2.54. The highest BCUT2D eigenvalue weighted by atomic mass is 35.5. The van der Waals surface area contributed by atoms with Crippen molar-refractivity contribution in [3.8, 4) is 5.75 Å². The quantitative estimate of drug-likeness (QED) is 0.316. The van der Waals surface area contributed by atoms with Crippen LogP contribution in [0.3, 0.4) is 0 Å². The molecule has 0 spiro atoms. The first-order valence-electron chi connectivity index (χ1n) is 12.6. The number of halogens is 2. The van der Waals surface area contributed by atoms with Crippen molar-refractivity contribution >= 4 is 50.7 Å². The van der Waals surface area contributed by atoms with E-state index in [1.165, 1.54) is 24.1 Å². The number of sulfonamides is 1. The number of carbonyl (C=O) groups excluding carboxylic acids is 2. The Labute approximate surface area is 245 Å². The summed E-state index contributed by atoms with van der Waals surface area (Å²) in [6.45, 7) is 3.13. The van der Waals surface area contributed by atoms with Crippen molar-refractivity contribution in [2.75, 3.05) is 24.2 Å². The molecular formula is C29H33Cl2N3O5S. The van der Waals surface area contributed by atoms with Crippen molar-refractivity contribution in [2.24, 2.45) is 0 Å². The molecule has 0 saturated heterocycles. The van der Waals surface area contributed by atoms with Gasteiger partial charge in [0.15, 0.2) is 0 Å². The van der Waals surface area contributed by atoms with Crippen molar-refractivity contribution in [3.05, 3.63) is 94.0 Å². The van der Waals surface area contributed by atoms with Crippen LogP contribution in [0.1, 0.15) is 25.0 Å². The molecule has 0 aliphatic carbocycles. The first-order valence-corrected chi connectivity index (χ1v) is 15.2. The van der Waals surface area contributed by atoms with E-state index in [1.54, 1.807) is 30.3 Å². The number of methoxy groups -OCH3 is 1. The maximum absolute atomic E-state index is 14.1. The average Bonchev–Trinajstić information content (AvgIpc) is 2.89. The molecule has 1 atom stereocenters. The Bertz CT molecular complexity index is 1420. The Kier molecular flexibility index (Phi) is 10.8. The van der Waals surface area contributed by atoms with E-state index >= 15 is 0 Å². The fourth-order valence-electron chi connectivity index (χ4n) is 4.17. The molecule has 11 heteroatoms. The molecule has 40 heavy (non-hydrogen) atoms. The van der Waals surface area contributed by atoms with Crippen LogP contribution in [0.5, 0.6) is 5.75 Å². The first kappa shape index (κ1) is 31.3. The standard InChI is InChI=1S/C29H33Cl2N3O5S/c1-20(2)32-29(36)26(16-21-8-6-5-7-9-21)33(18-22-10-12-23(30)13-11-22)28(35)19-34(40(4,37)38)25-17-24(31)14-15-27(25)39-3/h5-15,17,20,26H,16,18-19H2,1-4H3,(H,32,36)/t26-/m1/s1. The predicted molar refractivity (Wildman–Crippen MR) is 159 cm³/mol. The molecule has 0 aliphatic rings. The smallest absolute Gasteiger partial charge is 0.244 e. The van der Waals surface area contributed by atoms with E-state index in [9.17, 15) is 18.0 Å². The topological polar surface area (TPSA) is 96.0 Å². The third-order valence-electron chi connectivity index (χ3n) is 6.06. The van der Waals surface area contributed by atoms with Crippen LogP contribution in [0, 0.1) is 0 Å². The summed E-state index contributed by atoms with van der Waals surface area (Å²) in [4.78, 5) is 29.0. The summed E-state index contributed by atoms with van der Waals surface area (Å²) in [6.07, 6.45) is 1.22. The number of rotatable bonds is 12. The number of nitrogens with one attached hydrogen (secondary N) is 1. The number of ether oxygens (including phenoxy) is 1. The Morgan fingerprint density at radius 1 is 0.925 bits per heavy atom. The second-order valence-corrected chi connectivity index (χ2v) is 12.4. The zero-order chi connectivity index (χ0) is 29.4. The summed E-state index contributed by atoms with van der Waals surface area (Å²) >= 11 is 12.3. The van der Waals surface area contributed by atoms with Gasteiger partial charge in [0, 0.05) is 29.1 Å². The van der Waals surface area contributed by atoms with E-state index in [0.29, 0.717) is 5.02 Å². The van der Waals surface area contributed by atoms with Crippen LogP contribution in [0.15, 0.2) is 72.8 Å². The van der Waals surface area contributed by atoms with Gasteiger partial charge in [0.05, 0.1) is 19.1 Å². The van der Waals surface area contributed by atoms with Gasteiger partial charge >= 0.3 is 0 Å². The predicted octanol–water partition coefficient (Wildman–Crippen LogP) is 4.93. The maximum Gasteiger partial charge on any atom is 0.244 e. The fourth-order valence-corrected chi connectivity index (χ4v) is 5.31. The summed E-state index contributed by atoms with van der Waals surface area (Å²) in [5.74, 6) is -0.708. The fraction of sp³-hybridized carbons (Fsp3) is 0.310. The lowest BCUT2D eigenvalue weighted by Gasteiger charge is -2.34. The van der Waals surface area contributed by atoms with Crippen molar-refractivity contribution < 1.29 is 22.7 Å². The van der Waals surface area contributed by atoms with Gasteiger partial charge in [-0.1, -0.05) is 65.7 Å². The van der Waals surface area contributed by atoms with E-state index < -0.39 is 28.5 Å². The van der Waals surface area contributed by atoms with Crippen molar-refractivity contribution in [1.82, 2.24) is 10.2 Å².